The third-order valence-corrected chi connectivity index (χ3v) is 5.74. The second kappa shape index (κ2) is 8.70. The molecule has 1 N–H and O–H groups in total. The molecule has 1 fully saturated rings. The summed E-state index contributed by atoms with van der Waals surface area (Å²) in [4.78, 5) is 4.36. The Labute approximate surface area is 177 Å². The number of aliphatic hydroxyl groups is 1. The number of rotatable bonds is 6. The van der Waals surface area contributed by atoms with Gasteiger partial charge in [0.2, 0.25) is 11.7 Å². The Hall–Kier alpha value is -2.87. The Bertz CT molecular complexity index is 997. The first kappa shape index (κ1) is 21.4. The number of nitrogens with zero attached hydrogens (tertiary/aromatic N) is 2. The van der Waals surface area contributed by atoms with E-state index >= 15 is 0 Å². The van der Waals surface area contributed by atoms with E-state index in [2.05, 4.69) is 10.1 Å². The molecule has 0 atom stereocenters. The van der Waals surface area contributed by atoms with Gasteiger partial charge in [0.25, 0.3) is 0 Å². The van der Waals surface area contributed by atoms with Gasteiger partial charge in [-0.2, -0.15) is 18.2 Å². The molecule has 1 heterocycles. The van der Waals surface area contributed by atoms with Gasteiger partial charge in [-0.25, -0.2) is 0 Å². The molecular weight excluding hydrogens is 409 g/mol. The first-order valence-corrected chi connectivity index (χ1v) is 10.2. The lowest BCUT2D eigenvalue weighted by Crippen LogP contribution is -2.32. The summed E-state index contributed by atoms with van der Waals surface area (Å²) in [5, 5.41) is 14.9. The molecule has 0 radical (unpaired) electrons. The molecule has 1 saturated carbocycles. The molecule has 2 aromatic carbocycles. The highest BCUT2D eigenvalue weighted by Crippen LogP contribution is 2.42. The van der Waals surface area contributed by atoms with Crippen LogP contribution in [-0.4, -0.2) is 15.2 Å². The lowest BCUT2D eigenvalue weighted by molar-refractivity contribution is -0.137. The molecule has 0 spiro atoms. The van der Waals surface area contributed by atoms with Gasteiger partial charge in [-0.15, -0.1) is 0 Å². The molecule has 4 rings (SSSR count). The van der Waals surface area contributed by atoms with Gasteiger partial charge in [-0.05, 0) is 61.4 Å². The van der Waals surface area contributed by atoms with Crippen LogP contribution in [-0.2, 0) is 24.8 Å². The first-order chi connectivity index (χ1) is 14.8. The molecule has 1 aliphatic rings. The van der Waals surface area contributed by atoms with E-state index < -0.39 is 17.3 Å². The van der Waals surface area contributed by atoms with Gasteiger partial charge in [-0.1, -0.05) is 35.5 Å². The Morgan fingerprint density at radius 2 is 1.81 bits per heavy atom. The van der Waals surface area contributed by atoms with Crippen molar-refractivity contribution in [1.82, 2.24) is 10.1 Å². The smallest absolute Gasteiger partial charge is 0.416 e. The van der Waals surface area contributed by atoms with Crippen molar-refractivity contribution in [3.8, 4) is 5.75 Å². The molecule has 5 nitrogen and oxygen atoms in total. The summed E-state index contributed by atoms with van der Waals surface area (Å²) in [5.74, 6) is 1.89. The normalized spacial score (nSPS) is 21.7. The molecule has 0 unspecified atom stereocenters. The summed E-state index contributed by atoms with van der Waals surface area (Å²) < 4.78 is 49.9. The fourth-order valence-electron chi connectivity index (χ4n) is 3.98. The van der Waals surface area contributed by atoms with Crippen molar-refractivity contribution in [1.29, 1.82) is 0 Å². The van der Waals surface area contributed by atoms with Crippen LogP contribution in [0.2, 0.25) is 0 Å². The zero-order valence-corrected chi connectivity index (χ0v) is 16.8. The Kier molecular flexibility index (Phi) is 6.00. The minimum atomic E-state index is -4.43. The predicted octanol–water partition coefficient (Wildman–Crippen LogP) is 5.29. The van der Waals surface area contributed by atoms with E-state index in [4.69, 9.17) is 9.26 Å². The molecule has 8 heteroatoms. The van der Waals surface area contributed by atoms with E-state index in [-0.39, 0.29) is 12.5 Å². The maximum atomic E-state index is 13.0. The van der Waals surface area contributed by atoms with Gasteiger partial charge in [0.1, 0.15) is 5.75 Å². The average Bonchev–Trinajstić information content (AvgIpc) is 3.22. The van der Waals surface area contributed by atoms with E-state index in [0.717, 1.165) is 17.9 Å². The van der Waals surface area contributed by atoms with Crippen molar-refractivity contribution in [3.63, 3.8) is 0 Å². The van der Waals surface area contributed by atoms with E-state index in [1.54, 1.807) is 6.07 Å². The number of ether oxygens (including phenoxy) is 1. The number of benzene rings is 2. The molecule has 0 aliphatic heterocycles. The number of alkyl halides is 3. The molecule has 3 aromatic rings. The summed E-state index contributed by atoms with van der Waals surface area (Å²) in [6.07, 6.45) is -1.77. The first-order valence-electron chi connectivity index (χ1n) is 10.2. The zero-order chi connectivity index (χ0) is 21.9. The average molecular weight is 432 g/mol. The molecule has 31 heavy (non-hydrogen) atoms. The maximum Gasteiger partial charge on any atom is 0.416 e. The van der Waals surface area contributed by atoms with E-state index in [1.807, 2.05) is 30.3 Å². The number of hydrogen-bond donors (Lipinski definition) is 1. The third-order valence-electron chi connectivity index (χ3n) is 5.74. The highest BCUT2D eigenvalue weighted by molar-refractivity contribution is 5.30. The van der Waals surface area contributed by atoms with Crippen molar-refractivity contribution in [2.24, 2.45) is 5.92 Å². The fraction of sp³-hybridized carbons (Fsp3) is 0.391. The molecular formula is C23H23F3N2O3. The second-order valence-corrected chi connectivity index (χ2v) is 7.96. The number of halogens is 3. The Balaban J connectivity index is 1.32. The topological polar surface area (TPSA) is 68.4 Å². The van der Waals surface area contributed by atoms with Crippen molar-refractivity contribution >= 4 is 0 Å². The summed E-state index contributed by atoms with van der Waals surface area (Å²) in [5.41, 5.74) is -1.67. The minimum absolute atomic E-state index is 0.202. The van der Waals surface area contributed by atoms with Crippen LogP contribution in [0.25, 0.3) is 0 Å². The Morgan fingerprint density at radius 1 is 1.06 bits per heavy atom. The second-order valence-electron chi connectivity index (χ2n) is 7.96. The van der Waals surface area contributed by atoms with E-state index in [0.29, 0.717) is 49.4 Å². The Morgan fingerprint density at radius 3 is 2.52 bits per heavy atom. The van der Waals surface area contributed by atoms with Gasteiger partial charge >= 0.3 is 6.18 Å². The van der Waals surface area contributed by atoms with Crippen molar-refractivity contribution < 1.29 is 27.5 Å². The summed E-state index contributed by atoms with van der Waals surface area (Å²) >= 11 is 0. The standard InChI is InChI=1S/C23H23F3N2O3/c24-23(25,26)18-6-4-5-17(14-18)22(29)11-9-16(10-12-22)13-21-27-20(28-31-21)15-30-19-7-2-1-3-8-19/h1-8,14,16,29H,9-13,15H2. The summed E-state index contributed by atoms with van der Waals surface area (Å²) in [7, 11) is 0. The van der Waals surface area contributed by atoms with Gasteiger partial charge in [0.15, 0.2) is 6.61 Å². The number of aromatic nitrogens is 2. The third kappa shape index (κ3) is 5.25. The van der Waals surface area contributed by atoms with Crippen molar-refractivity contribution in [2.45, 2.75) is 50.5 Å². The molecule has 1 aromatic heterocycles. The largest absolute Gasteiger partial charge is 0.485 e. The quantitative estimate of drug-likeness (QED) is 0.573. The molecule has 0 saturated heterocycles. The van der Waals surface area contributed by atoms with Crippen LogP contribution >= 0.6 is 0 Å². The minimum Gasteiger partial charge on any atom is -0.485 e. The van der Waals surface area contributed by atoms with Crippen molar-refractivity contribution in [2.75, 3.05) is 0 Å². The number of para-hydroxylation sites is 1. The van der Waals surface area contributed by atoms with Crippen LogP contribution in [0.4, 0.5) is 13.2 Å². The monoisotopic (exact) mass is 432 g/mol. The summed E-state index contributed by atoms with van der Waals surface area (Å²) in [6.45, 7) is 0.202. The van der Waals surface area contributed by atoms with E-state index in [1.165, 1.54) is 6.07 Å². The van der Waals surface area contributed by atoms with Crippen molar-refractivity contribution in [3.05, 3.63) is 77.4 Å². The molecule has 1 aliphatic carbocycles. The molecule has 0 bridgehead atoms. The highest BCUT2D eigenvalue weighted by Gasteiger charge is 2.37. The SMILES string of the molecule is OC1(c2cccc(C(F)(F)F)c2)CCC(Cc2nc(COc3ccccc3)no2)CC1. The van der Waals surface area contributed by atoms with Gasteiger partial charge < -0.3 is 14.4 Å². The molecule has 164 valence electrons. The van der Waals surface area contributed by atoms with Crippen LogP contribution in [0.1, 0.15) is 48.5 Å². The highest BCUT2D eigenvalue weighted by atomic mass is 19.4. The van der Waals surface area contributed by atoms with Crippen LogP contribution < -0.4 is 4.74 Å². The maximum absolute atomic E-state index is 13.0. The van der Waals surface area contributed by atoms with Gasteiger partial charge in [0, 0.05) is 6.42 Å². The zero-order valence-electron chi connectivity index (χ0n) is 16.8. The van der Waals surface area contributed by atoms with Crippen LogP contribution in [0, 0.1) is 5.92 Å². The number of hydrogen-bond acceptors (Lipinski definition) is 5. The fourth-order valence-corrected chi connectivity index (χ4v) is 3.98. The van der Waals surface area contributed by atoms with E-state index in [9.17, 15) is 18.3 Å². The van der Waals surface area contributed by atoms with Crippen LogP contribution in [0.5, 0.6) is 5.75 Å². The van der Waals surface area contributed by atoms with Crippen LogP contribution in [0.3, 0.4) is 0 Å². The van der Waals surface area contributed by atoms with Gasteiger partial charge in [0.05, 0.1) is 11.2 Å². The summed E-state index contributed by atoms with van der Waals surface area (Å²) in [6, 6.07) is 14.3. The van der Waals surface area contributed by atoms with Gasteiger partial charge in [-0.3, -0.25) is 0 Å². The molecule has 0 amide bonds. The predicted molar refractivity (Wildman–Crippen MR) is 106 cm³/mol. The van der Waals surface area contributed by atoms with Crippen LogP contribution in [0.15, 0.2) is 59.1 Å². The lowest BCUT2D eigenvalue weighted by atomic mass is 9.74. The lowest BCUT2D eigenvalue weighted by Gasteiger charge is -2.36.